The van der Waals surface area contributed by atoms with Crippen LogP contribution in [0.3, 0.4) is 0 Å². The Labute approximate surface area is 95.9 Å². The summed E-state index contributed by atoms with van der Waals surface area (Å²) in [6, 6.07) is 8.25. The molecule has 0 radical (unpaired) electrons. The highest BCUT2D eigenvalue weighted by molar-refractivity contribution is 5.37. The van der Waals surface area contributed by atoms with Gasteiger partial charge in [0.1, 0.15) is 0 Å². The Balaban J connectivity index is 2.46. The summed E-state index contributed by atoms with van der Waals surface area (Å²) in [5, 5.41) is 0. The number of benzene rings is 1. The maximum atomic E-state index is 5.65. The maximum Gasteiger partial charge on any atom is 0.0994 e. The minimum Gasteiger partial charge on any atom is -0.326 e. The molecule has 1 aromatic carbocycles. The first-order valence-electron chi connectivity index (χ1n) is 5.54. The highest BCUT2D eigenvalue weighted by Crippen LogP contribution is 2.19. The molecule has 1 heterocycles. The van der Waals surface area contributed by atoms with Crippen LogP contribution >= 0.6 is 0 Å². The van der Waals surface area contributed by atoms with Gasteiger partial charge < -0.3 is 10.3 Å². The van der Waals surface area contributed by atoms with Gasteiger partial charge in [0, 0.05) is 24.1 Å². The van der Waals surface area contributed by atoms with Gasteiger partial charge in [0.15, 0.2) is 0 Å². The van der Waals surface area contributed by atoms with E-state index in [1.54, 1.807) is 0 Å². The van der Waals surface area contributed by atoms with E-state index >= 15 is 0 Å². The quantitative estimate of drug-likeness (QED) is 0.854. The molecule has 2 rings (SSSR count). The van der Waals surface area contributed by atoms with Crippen LogP contribution in [-0.4, -0.2) is 9.55 Å². The van der Waals surface area contributed by atoms with Gasteiger partial charge in [-0.05, 0) is 23.6 Å². The molecule has 0 saturated heterocycles. The zero-order chi connectivity index (χ0) is 11.5. The molecular weight excluding hydrogens is 198 g/mol. The number of nitrogens with two attached hydrogens (primary N) is 1. The van der Waals surface area contributed by atoms with Gasteiger partial charge in [-0.3, -0.25) is 0 Å². The highest BCUT2D eigenvalue weighted by Gasteiger charge is 2.07. The first-order chi connectivity index (χ1) is 7.72. The Bertz CT molecular complexity index is 472. The predicted molar refractivity (Wildman–Crippen MR) is 65.5 cm³/mol. The summed E-state index contributed by atoms with van der Waals surface area (Å²) >= 11 is 0. The first kappa shape index (κ1) is 10.9. The molecule has 1 aromatic heterocycles. The lowest BCUT2D eigenvalue weighted by Gasteiger charge is -2.11. The number of rotatable bonds is 3. The van der Waals surface area contributed by atoms with E-state index in [4.69, 9.17) is 5.73 Å². The van der Waals surface area contributed by atoms with Crippen LogP contribution in [0.5, 0.6) is 0 Å². The van der Waals surface area contributed by atoms with Crippen molar-refractivity contribution in [3.05, 3.63) is 48.0 Å². The van der Waals surface area contributed by atoms with E-state index < -0.39 is 0 Å². The second kappa shape index (κ2) is 4.49. The Kier molecular flexibility index (Phi) is 3.06. The van der Waals surface area contributed by atoms with E-state index in [1.165, 1.54) is 5.69 Å². The van der Waals surface area contributed by atoms with E-state index in [-0.39, 0.29) is 0 Å². The molecule has 2 N–H and O–H groups in total. The van der Waals surface area contributed by atoms with Crippen LogP contribution in [0.1, 0.15) is 31.0 Å². The van der Waals surface area contributed by atoms with E-state index in [9.17, 15) is 0 Å². The second-order valence-electron chi connectivity index (χ2n) is 4.22. The van der Waals surface area contributed by atoms with Gasteiger partial charge in [-0.2, -0.15) is 0 Å². The van der Waals surface area contributed by atoms with Crippen molar-refractivity contribution in [3.8, 4) is 5.69 Å². The van der Waals surface area contributed by atoms with Crippen LogP contribution in [0, 0.1) is 0 Å². The lowest BCUT2D eigenvalue weighted by atomic mass is 10.1. The average molecular weight is 215 g/mol. The van der Waals surface area contributed by atoms with Crippen LogP contribution < -0.4 is 5.73 Å². The van der Waals surface area contributed by atoms with Gasteiger partial charge in [0.05, 0.1) is 6.33 Å². The largest absolute Gasteiger partial charge is 0.326 e. The zero-order valence-corrected chi connectivity index (χ0v) is 9.72. The van der Waals surface area contributed by atoms with Crippen molar-refractivity contribution in [3.63, 3.8) is 0 Å². The Morgan fingerprint density at radius 2 is 2.19 bits per heavy atom. The molecule has 0 fully saturated rings. The third kappa shape index (κ3) is 1.99. The normalized spacial score (nSPS) is 11.0. The lowest BCUT2D eigenvalue weighted by molar-refractivity contribution is 0.786. The standard InChI is InChI=1S/C13H17N3/c1-10(2)13-8-15-9-16(13)12-5-3-4-11(6-12)7-14/h3-6,8-10H,7,14H2,1-2H3. The Hall–Kier alpha value is -1.61. The van der Waals surface area contributed by atoms with Crippen molar-refractivity contribution in [2.24, 2.45) is 5.73 Å². The second-order valence-corrected chi connectivity index (χ2v) is 4.22. The Morgan fingerprint density at radius 3 is 2.88 bits per heavy atom. The van der Waals surface area contributed by atoms with E-state index in [2.05, 4.69) is 35.5 Å². The van der Waals surface area contributed by atoms with Crippen molar-refractivity contribution >= 4 is 0 Å². The van der Waals surface area contributed by atoms with Crippen molar-refractivity contribution < 1.29 is 0 Å². The summed E-state index contributed by atoms with van der Waals surface area (Å²) in [6.45, 7) is 4.90. The maximum absolute atomic E-state index is 5.65. The van der Waals surface area contributed by atoms with E-state index in [1.807, 2.05) is 24.7 Å². The van der Waals surface area contributed by atoms with Gasteiger partial charge in [-0.25, -0.2) is 4.98 Å². The SMILES string of the molecule is CC(C)c1cncn1-c1cccc(CN)c1. The van der Waals surface area contributed by atoms with Crippen LogP contribution in [0.2, 0.25) is 0 Å². The summed E-state index contributed by atoms with van der Waals surface area (Å²) in [5.41, 5.74) is 9.13. The molecule has 0 spiro atoms. The van der Waals surface area contributed by atoms with Crippen LogP contribution in [-0.2, 0) is 6.54 Å². The molecule has 0 saturated carbocycles. The summed E-state index contributed by atoms with van der Waals surface area (Å²) < 4.78 is 2.11. The molecule has 3 nitrogen and oxygen atoms in total. The molecule has 0 bridgehead atoms. The predicted octanol–water partition coefficient (Wildman–Crippen LogP) is 2.45. The monoisotopic (exact) mass is 215 g/mol. The third-order valence-corrected chi connectivity index (χ3v) is 2.68. The molecule has 0 unspecified atom stereocenters. The Morgan fingerprint density at radius 1 is 1.38 bits per heavy atom. The van der Waals surface area contributed by atoms with Gasteiger partial charge in [0.2, 0.25) is 0 Å². The van der Waals surface area contributed by atoms with Crippen molar-refractivity contribution in [2.45, 2.75) is 26.3 Å². The molecular formula is C13H17N3. The van der Waals surface area contributed by atoms with Crippen LogP contribution in [0.15, 0.2) is 36.8 Å². The number of nitrogens with zero attached hydrogens (tertiary/aromatic N) is 2. The number of hydrogen-bond acceptors (Lipinski definition) is 2. The minimum absolute atomic E-state index is 0.462. The number of hydrogen-bond donors (Lipinski definition) is 1. The fraction of sp³-hybridized carbons (Fsp3) is 0.308. The van der Waals surface area contributed by atoms with E-state index in [0.29, 0.717) is 12.5 Å². The van der Waals surface area contributed by atoms with Gasteiger partial charge in [-0.15, -0.1) is 0 Å². The fourth-order valence-corrected chi connectivity index (χ4v) is 1.78. The van der Waals surface area contributed by atoms with Crippen LogP contribution in [0.4, 0.5) is 0 Å². The molecule has 84 valence electrons. The average Bonchev–Trinajstić information content (AvgIpc) is 2.78. The minimum atomic E-state index is 0.462. The van der Waals surface area contributed by atoms with Crippen molar-refractivity contribution in [2.75, 3.05) is 0 Å². The van der Waals surface area contributed by atoms with E-state index in [0.717, 1.165) is 11.3 Å². The molecule has 2 aromatic rings. The molecule has 0 atom stereocenters. The summed E-state index contributed by atoms with van der Waals surface area (Å²) in [7, 11) is 0. The fourth-order valence-electron chi connectivity index (χ4n) is 1.78. The van der Waals surface area contributed by atoms with Crippen LogP contribution in [0.25, 0.3) is 5.69 Å². The highest BCUT2D eigenvalue weighted by atomic mass is 15.1. The first-order valence-corrected chi connectivity index (χ1v) is 5.54. The molecule has 16 heavy (non-hydrogen) atoms. The third-order valence-electron chi connectivity index (χ3n) is 2.68. The smallest absolute Gasteiger partial charge is 0.0994 e. The zero-order valence-electron chi connectivity index (χ0n) is 9.72. The van der Waals surface area contributed by atoms with Crippen molar-refractivity contribution in [1.82, 2.24) is 9.55 Å². The van der Waals surface area contributed by atoms with Gasteiger partial charge in [-0.1, -0.05) is 26.0 Å². The lowest BCUT2D eigenvalue weighted by Crippen LogP contribution is -2.02. The molecule has 0 amide bonds. The molecule has 3 heteroatoms. The molecule has 0 aliphatic carbocycles. The molecule has 0 aliphatic heterocycles. The summed E-state index contributed by atoms with van der Waals surface area (Å²) in [5.74, 6) is 0.462. The van der Waals surface area contributed by atoms with Gasteiger partial charge in [0.25, 0.3) is 0 Å². The summed E-state index contributed by atoms with van der Waals surface area (Å²) in [6.07, 6.45) is 3.77. The summed E-state index contributed by atoms with van der Waals surface area (Å²) in [4.78, 5) is 4.21. The number of aromatic nitrogens is 2. The van der Waals surface area contributed by atoms with Gasteiger partial charge >= 0.3 is 0 Å². The van der Waals surface area contributed by atoms with Crippen molar-refractivity contribution in [1.29, 1.82) is 0 Å². The molecule has 0 aliphatic rings. The topological polar surface area (TPSA) is 43.8 Å². The number of imidazole rings is 1.